The molecule has 0 atom stereocenters. The number of hydrogen-bond acceptors (Lipinski definition) is 2. The maximum atomic E-state index is 11.8. The molecular weight excluding hydrogens is 276 g/mol. The molecule has 0 saturated heterocycles. The predicted octanol–water partition coefficient (Wildman–Crippen LogP) is 1.77. The largest absolute Gasteiger partial charge is 0.370 e. The van der Waals surface area contributed by atoms with Crippen molar-refractivity contribution in [3.63, 3.8) is 0 Å². The molecule has 0 aliphatic rings. The van der Waals surface area contributed by atoms with Gasteiger partial charge in [-0.2, -0.15) is 0 Å². The number of carbonyl (C=O) groups is 1. The van der Waals surface area contributed by atoms with Crippen molar-refractivity contribution in [3.05, 3.63) is 34.9 Å². The molecule has 1 amide bonds. The van der Waals surface area contributed by atoms with Gasteiger partial charge < -0.3 is 16.4 Å². The molecule has 20 heavy (non-hydrogen) atoms. The fourth-order valence-corrected chi connectivity index (χ4v) is 1.60. The molecule has 0 unspecified atom stereocenters. The van der Waals surface area contributed by atoms with Crippen LogP contribution in [-0.4, -0.2) is 30.5 Å². The molecule has 0 bridgehead atoms. The average Bonchev–Trinajstić information content (AvgIpc) is 2.33. The van der Waals surface area contributed by atoms with E-state index in [0.717, 1.165) is 0 Å². The Bertz CT molecular complexity index is 477. The zero-order chi connectivity index (χ0) is 15.2. The highest BCUT2D eigenvalue weighted by atomic mass is 35.5. The van der Waals surface area contributed by atoms with Crippen LogP contribution >= 0.6 is 11.6 Å². The molecular formula is C14H21ClN4O. The Balaban J connectivity index is 2.36. The Morgan fingerprint density at radius 2 is 1.90 bits per heavy atom. The van der Waals surface area contributed by atoms with E-state index in [2.05, 4.69) is 15.6 Å². The highest BCUT2D eigenvalue weighted by Crippen LogP contribution is 2.09. The average molecular weight is 297 g/mol. The van der Waals surface area contributed by atoms with Crippen LogP contribution in [-0.2, 0) is 0 Å². The van der Waals surface area contributed by atoms with E-state index in [1.807, 2.05) is 20.8 Å². The van der Waals surface area contributed by atoms with E-state index in [4.69, 9.17) is 17.3 Å². The summed E-state index contributed by atoms with van der Waals surface area (Å²) in [5.74, 6) is 0.220. The molecule has 0 aliphatic heterocycles. The second kappa shape index (κ2) is 7.14. The van der Waals surface area contributed by atoms with Crippen molar-refractivity contribution in [1.29, 1.82) is 0 Å². The summed E-state index contributed by atoms with van der Waals surface area (Å²) in [5, 5.41) is 6.41. The van der Waals surface area contributed by atoms with E-state index >= 15 is 0 Å². The van der Waals surface area contributed by atoms with E-state index in [1.165, 1.54) is 0 Å². The molecule has 0 saturated carbocycles. The van der Waals surface area contributed by atoms with Gasteiger partial charge in [-0.25, -0.2) is 0 Å². The summed E-state index contributed by atoms with van der Waals surface area (Å²) in [4.78, 5) is 15.9. The minimum atomic E-state index is -0.154. The number of amides is 1. The molecule has 0 radical (unpaired) electrons. The number of halogens is 1. The van der Waals surface area contributed by atoms with Crippen LogP contribution in [0, 0.1) is 0 Å². The third-order valence-corrected chi connectivity index (χ3v) is 2.54. The van der Waals surface area contributed by atoms with Crippen LogP contribution in [0.4, 0.5) is 0 Å². The Morgan fingerprint density at radius 1 is 1.30 bits per heavy atom. The first-order chi connectivity index (χ1) is 9.28. The number of guanidine groups is 1. The van der Waals surface area contributed by atoms with Crippen molar-refractivity contribution < 1.29 is 4.79 Å². The molecule has 6 heteroatoms. The van der Waals surface area contributed by atoms with Gasteiger partial charge in [-0.3, -0.25) is 9.79 Å². The van der Waals surface area contributed by atoms with Gasteiger partial charge >= 0.3 is 0 Å². The summed E-state index contributed by atoms with van der Waals surface area (Å²) in [5.41, 5.74) is 6.16. The maximum Gasteiger partial charge on any atom is 0.251 e. The molecule has 0 aliphatic carbocycles. The summed E-state index contributed by atoms with van der Waals surface area (Å²) in [6.45, 7) is 6.84. The van der Waals surface area contributed by atoms with Crippen molar-refractivity contribution in [3.8, 4) is 0 Å². The molecule has 5 nitrogen and oxygen atoms in total. The second-order valence-corrected chi connectivity index (χ2v) is 5.84. The number of rotatable bonds is 4. The number of carbonyl (C=O) groups excluding carboxylic acids is 1. The zero-order valence-corrected chi connectivity index (χ0v) is 12.8. The first-order valence-electron chi connectivity index (χ1n) is 6.40. The van der Waals surface area contributed by atoms with E-state index in [0.29, 0.717) is 29.6 Å². The Labute approximate surface area is 124 Å². The van der Waals surface area contributed by atoms with Crippen molar-refractivity contribution in [2.24, 2.45) is 10.7 Å². The van der Waals surface area contributed by atoms with Gasteiger partial charge in [-0.15, -0.1) is 0 Å². The number of hydrogen-bond donors (Lipinski definition) is 3. The van der Waals surface area contributed by atoms with Gasteiger partial charge in [-0.05, 0) is 45.0 Å². The fourth-order valence-electron chi connectivity index (χ4n) is 1.47. The van der Waals surface area contributed by atoms with Crippen LogP contribution < -0.4 is 16.4 Å². The standard InChI is InChI=1S/C14H21ClN4O/c1-14(2,3)19-13(16)18-9-8-17-12(20)10-4-6-11(15)7-5-10/h4-7H,8-9H2,1-3H3,(H,17,20)(H3,16,18,19). The van der Waals surface area contributed by atoms with Crippen molar-refractivity contribution in [2.75, 3.05) is 13.1 Å². The van der Waals surface area contributed by atoms with E-state index < -0.39 is 0 Å². The van der Waals surface area contributed by atoms with Crippen LogP contribution in [0.15, 0.2) is 29.3 Å². The van der Waals surface area contributed by atoms with Crippen LogP contribution in [0.3, 0.4) is 0 Å². The number of nitrogens with two attached hydrogens (primary N) is 1. The minimum Gasteiger partial charge on any atom is -0.370 e. The number of nitrogens with one attached hydrogen (secondary N) is 2. The molecule has 0 heterocycles. The van der Waals surface area contributed by atoms with Crippen molar-refractivity contribution in [2.45, 2.75) is 26.3 Å². The predicted molar refractivity (Wildman–Crippen MR) is 83.2 cm³/mol. The quantitative estimate of drug-likeness (QED) is 0.450. The topological polar surface area (TPSA) is 79.5 Å². The maximum absolute atomic E-state index is 11.8. The van der Waals surface area contributed by atoms with Crippen LogP contribution in [0.5, 0.6) is 0 Å². The molecule has 0 spiro atoms. The Hall–Kier alpha value is -1.75. The van der Waals surface area contributed by atoms with Gasteiger partial charge in [0.05, 0.1) is 6.54 Å². The van der Waals surface area contributed by atoms with Gasteiger partial charge in [0.25, 0.3) is 5.91 Å². The summed E-state index contributed by atoms with van der Waals surface area (Å²) < 4.78 is 0. The number of aliphatic imine (C=N–C) groups is 1. The third-order valence-electron chi connectivity index (χ3n) is 2.29. The van der Waals surface area contributed by atoms with Crippen molar-refractivity contribution in [1.82, 2.24) is 10.6 Å². The molecule has 1 rings (SSSR count). The van der Waals surface area contributed by atoms with E-state index in [9.17, 15) is 4.79 Å². The fraction of sp³-hybridized carbons (Fsp3) is 0.429. The summed E-state index contributed by atoms with van der Waals surface area (Å²) >= 11 is 5.76. The third kappa shape index (κ3) is 6.43. The van der Waals surface area contributed by atoms with Gasteiger partial charge in [0.2, 0.25) is 0 Å². The lowest BCUT2D eigenvalue weighted by molar-refractivity contribution is 0.0955. The molecule has 1 aromatic rings. The lowest BCUT2D eigenvalue weighted by atomic mass is 10.1. The van der Waals surface area contributed by atoms with Gasteiger partial charge in [0.1, 0.15) is 0 Å². The van der Waals surface area contributed by atoms with Gasteiger partial charge in [0.15, 0.2) is 5.96 Å². The van der Waals surface area contributed by atoms with Crippen LogP contribution in [0.2, 0.25) is 5.02 Å². The summed E-state index contributed by atoms with van der Waals surface area (Å²) in [7, 11) is 0. The minimum absolute atomic E-state index is 0.125. The summed E-state index contributed by atoms with van der Waals surface area (Å²) in [6, 6.07) is 6.71. The normalized spacial score (nSPS) is 12.1. The van der Waals surface area contributed by atoms with Crippen LogP contribution in [0.1, 0.15) is 31.1 Å². The summed E-state index contributed by atoms with van der Waals surface area (Å²) in [6.07, 6.45) is 0. The first kappa shape index (κ1) is 16.3. The number of benzene rings is 1. The highest BCUT2D eigenvalue weighted by Gasteiger charge is 2.09. The van der Waals surface area contributed by atoms with Crippen LogP contribution in [0.25, 0.3) is 0 Å². The monoisotopic (exact) mass is 296 g/mol. The zero-order valence-electron chi connectivity index (χ0n) is 12.0. The molecule has 0 fully saturated rings. The Morgan fingerprint density at radius 3 is 2.45 bits per heavy atom. The second-order valence-electron chi connectivity index (χ2n) is 5.40. The molecule has 110 valence electrons. The molecule has 1 aromatic carbocycles. The van der Waals surface area contributed by atoms with Gasteiger partial charge in [-0.1, -0.05) is 11.6 Å². The Kier molecular flexibility index (Phi) is 5.82. The van der Waals surface area contributed by atoms with Crippen molar-refractivity contribution >= 4 is 23.5 Å². The van der Waals surface area contributed by atoms with E-state index in [-0.39, 0.29) is 11.4 Å². The first-order valence-corrected chi connectivity index (χ1v) is 6.77. The SMILES string of the molecule is CC(C)(C)NC(N)=NCCNC(=O)c1ccc(Cl)cc1. The lowest BCUT2D eigenvalue weighted by Crippen LogP contribution is -2.45. The lowest BCUT2D eigenvalue weighted by Gasteiger charge is -2.20. The highest BCUT2D eigenvalue weighted by molar-refractivity contribution is 6.30. The smallest absolute Gasteiger partial charge is 0.251 e. The number of nitrogens with zero attached hydrogens (tertiary/aromatic N) is 1. The van der Waals surface area contributed by atoms with Gasteiger partial charge in [0, 0.05) is 22.7 Å². The molecule has 4 N–H and O–H groups in total. The van der Waals surface area contributed by atoms with E-state index in [1.54, 1.807) is 24.3 Å². The molecule has 0 aromatic heterocycles.